The molecule has 8 N–H and O–H groups in total. The number of benzene rings is 2. The predicted molar refractivity (Wildman–Crippen MR) is 142 cm³/mol. The van der Waals surface area contributed by atoms with Crippen LogP contribution in [0.25, 0.3) is 10.9 Å². The van der Waals surface area contributed by atoms with Crippen LogP contribution in [0, 0.1) is 0 Å². The third-order valence-electron chi connectivity index (χ3n) is 6.07. The van der Waals surface area contributed by atoms with Crippen LogP contribution in [-0.4, -0.2) is 69.5 Å². The first-order valence-corrected chi connectivity index (χ1v) is 12.3. The number of hydrogen-bond donors (Lipinski definition) is 7. The molecule has 0 saturated carbocycles. The largest absolute Gasteiger partial charge is 0.481 e. The topological polar surface area (TPSA) is 204 Å². The minimum Gasteiger partial charge on any atom is -0.481 e. The average Bonchev–Trinajstić information content (AvgIpc) is 3.32. The maximum absolute atomic E-state index is 12.9. The van der Waals surface area contributed by atoms with E-state index in [0.29, 0.717) is 5.56 Å². The Morgan fingerprint density at radius 2 is 1.54 bits per heavy atom. The SMILES string of the molecule is NC(Cc1c[nH]c2ccccc12)C(=O)NCC(=O)NC(Cc1ccccc1)C(=O)NC(CCC(=O)O)C(=O)O. The predicted octanol–water partition coefficient (Wildman–Crippen LogP) is 0.316. The van der Waals surface area contributed by atoms with Crippen molar-refractivity contribution in [3.8, 4) is 0 Å². The quantitative estimate of drug-likeness (QED) is 0.152. The number of carbonyl (C=O) groups excluding carboxylic acids is 3. The number of amides is 3. The van der Waals surface area contributed by atoms with E-state index in [1.807, 2.05) is 24.3 Å². The van der Waals surface area contributed by atoms with Crippen molar-refractivity contribution in [2.45, 2.75) is 43.8 Å². The van der Waals surface area contributed by atoms with Crippen LogP contribution < -0.4 is 21.7 Å². The number of aromatic nitrogens is 1. The lowest BCUT2D eigenvalue weighted by atomic mass is 10.0. The van der Waals surface area contributed by atoms with Gasteiger partial charge in [-0.2, -0.15) is 0 Å². The first kappa shape index (κ1) is 28.9. The molecule has 0 aliphatic heterocycles. The molecule has 0 bridgehead atoms. The summed E-state index contributed by atoms with van der Waals surface area (Å²) in [6, 6.07) is 12.8. The van der Waals surface area contributed by atoms with Crippen LogP contribution in [0.3, 0.4) is 0 Å². The number of carboxylic acids is 2. The third kappa shape index (κ3) is 8.68. The number of rotatable bonds is 14. The molecular formula is C27H31N5O7. The van der Waals surface area contributed by atoms with Gasteiger partial charge in [0.1, 0.15) is 12.1 Å². The summed E-state index contributed by atoms with van der Waals surface area (Å²) in [5, 5.41) is 26.5. The van der Waals surface area contributed by atoms with Crippen molar-refractivity contribution in [1.29, 1.82) is 0 Å². The van der Waals surface area contributed by atoms with Crippen LogP contribution in [0.2, 0.25) is 0 Å². The molecule has 3 amide bonds. The molecule has 3 rings (SSSR count). The number of nitrogens with two attached hydrogens (primary N) is 1. The number of hydrogen-bond acceptors (Lipinski definition) is 6. The van der Waals surface area contributed by atoms with Gasteiger partial charge in [0.05, 0.1) is 12.6 Å². The molecule has 1 heterocycles. The molecule has 3 aromatic rings. The Kier molecular flexibility index (Phi) is 10.2. The molecule has 1 aromatic heterocycles. The number of carbonyl (C=O) groups is 5. The molecule has 3 unspecified atom stereocenters. The highest BCUT2D eigenvalue weighted by molar-refractivity contribution is 5.93. The van der Waals surface area contributed by atoms with E-state index in [9.17, 15) is 29.1 Å². The fourth-order valence-corrected chi connectivity index (χ4v) is 4.03. The summed E-state index contributed by atoms with van der Waals surface area (Å²) in [6.45, 7) is -0.458. The van der Waals surface area contributed by atoms with Crippen molar-refractivity contribution in [2.24, 2.45) is 5.73 Å². The standard InChI is InChI=1S/C27H31N5O7/c28-19(13-17-14-29-20-9-5-4-8-18(17)20)25(36)30-15-23(33)31-22(12-16-6-2-1-3-7-16)26(37)32-21(27(38)39)10-11-24(34)35/h1-9,14,19,21-22,29H,10-13,15,28H2,(H,30,36)(H,31,33)(H,32,37)(H,34,35)(H,38,39). The number of aliphatic carboxylic acids is 2. The molecule has 0 radical (unpaired) electrons. The fraction of sp³-hybridized carbons (Fsp3) is 0.296. The second-order valence-electron chi connectivity index (χ2n) is 9.03. The summed E-state index contributed by atoms with van der Waals surface area (Å²) in [4.78, 5) is 63.6. The first-order chi connectivity index (χ1) is 18.6. The number of nitrogens with one attached hydrogen (secondary N) is 4. The number of fused-ring (bicyclic) bond motifs is 1. The second kappa shape index (κ2) is 13.7. The van der Waals surface area contributed by atoms with Gasteiger partial charge in [-0.05, 0) is 30.0 Å². The molecule has 0 fully saturated rings. The maximum Gasteiger partial charge on any atom is 0.326 e. The Balaban J connectivity index is 1.60. The van der Waals surface area contributed by atoms with E-state index in [1.54, 1.807) is 36.5 Å². The van der Waals surface area contributed by atoms with Crippen molar-refractivity contribution >= 4 is 40.6 Å². The van der Waals surface area contributed by atoms with Gasteiger partial charge in [-0.25, -0.2) is 4.79 Å². The smallest absolute Gasteiger partial charge is 0.326 e. The lowest BCUT2D eigenvalue weighted by Crippen LogP contribution is -2.54. The monoisotopic (exact) mass is 537 g/mol. The number of carboxylic acid groups (broad SMARTS) is 2. The Morgan fingerprint density at radius 1 is 0.846 bits per heavy atom. The summed E-state index contributed by atoms with van der Waals surface area (Å²) < 4.78 is 0. The zero-order valence-electron chi connectivity index (χ0n) is 21.1. The molecule has 206 valence electrons. The number of aromatic amines is 1. The zero-order valence-corrected chi connectivity index (χ0v) is 21.1. The van der Waals surface area contributed by atoms with Gasteiger partial charge in [-0.1, -0.05) is 48.5 Å². The van der Waals surface area contributed by atoms with Gasteiger partial charge < -0.3 is 36.9 Å². The maximum atomic E-state index is 12.9. The van der Waals surface area contributed by atoms with Crippen molar-refractivity contribution in [3.63, 3.8) is 0 Å². The highest BCUT2D eigenvalue weighted by Crippen LogP contribution is 2.18. The molecule has 0 aliphatic carbocycles. The van der Waals surface area contributed by atoms with E-state index in [4.69, 9.17) is 10.8 Å². The molecular weight excluding hydrogens is 506 g/mol. The third-order valence-corrected chi connectivity index (χ3v) is 6.07. The molecule has 12 heteroatoms. The molecule has 0 saturated heterocycles. The highest BCUT2D eigenvalue weighted by atomic mass is 16.4. The van der Waals surface area contributed by atoms with Gasteiger partial charge in [0.25, 0.3) is 0 Å². The number of para-hydroxylation sites is 1. The van der Waals surface area contributed by atoms with E-state index in [0.717, 1.165) is 16.5 Å². The zero-order chi connectivity index (χ0) is 28.4. The van der Waals surface area contributed by atoms with Gasteiger partial charge in [-0.15, -0.1) is 0 Å². The van der Waals surface area contributed by atoms with Crippen molar-refractivity contribution in [3.05, 3.63) is 71.9 Å². The van der Waals surface area contributed by atoms with E-state index in [-0.39, 0.29) is 19.3 Å². The van der Waals surface area contributed by atoms with Crippen LogP contribution in [0.1, 0.15) is 24.0 Å². The van der Waals surface area contributed by atoms with E-state index in [1.165, 1.54) is 0 Å². The van der Waals surface area contributed by atoms with Gasteiger partial charge >= 0.3 is 11.9 Å². The van der Waals surface area contributed by atoms with Gasteiger partial charge in [-0.3, -0.25) is 19.2 Å². The first-order valence-electron chi connectivity index (χ1n) is 12.3. The second-order valence-corrected chi connectivity index (χ2v) is 9.03. The van der Waals surface area contributed by atoms with Crippen LogP contribution >= 0.6 is 0 Å². The van der Waals surface area contributed by atoms with Crippen molar-refractivity contribution < 1.29 is 34.2 Å². The lowest BCUT2D eigenvalue weighted by molar-refractivity contribution is -0.143. The van der Waals surface area contributed by atoms with Crippen LogP contribution in [-0.2, 0) is 36.8 Å². The lowest BCUT2D eigenvalue weighted by Gasteiger charge is -2.22. The minimum atomic E-state index is -1.45. The van der Waals surface area contributed by atoms with E-state index >= 15 is 0 Å². The normalized spacial score (nSPS) is 13.2. The molecule has 3 atom stereocenters. The molecule has 0 spiro atoms. The Labute approximate surface area is 224 Å². The van der Waals surface area contributed by atoms with E-state index in [2.05, 4.69) is 20.9 Å². The Morgan fingerprint density at radius 3 is 2.23 bits per heavy atom. The minimum absolute atomic E-state index is 0.0394. The summed E-state index contributed by atoms with van der Waals surface area (Å²) in [5.41, 5.74) is 8.51. The molecule has 2 aromatic carbocycles. The fourth-order valence-electron chi connectivity index (χ4n) is 4.03. The van der Waals surface area contributed by atoms with Gasteiger partial charge in [0.2, 0.25) is 17.7 Å². The van der Waals surface area contributed by atoms with Gasteiger partial charge in [0.15, 0.2) is 0 Å². The highest BCUT2D eigenvalue weighted by Gasteiger charge is 2.27. The van der Waals surface area contributed by atoms with Crippen molar-refractivity contribution in [1.82, 2.24) is 20.9 Å². The van der Waals surface area contributed by atoms with Crippen molar-refractivity contribution in [2.75, 3.05) is 6.54 Å². The number of H-pyrrole nitrogens is 1. The summed E-state index contributed by atoms with van der Waals surface area (Å²) in [6.07, 6.45) is 1.27. The summed E-state index contributed by atoms with van der Waals surface area (Å²) >= 11 is 0. The summed E-state index contributed by atoms with van der Waals surface area (Å²) in [7, 11) is 0. The average molecular weight is 538 g/mol. The molecule has 12 nitrogen and oxygen atoms in total. The van der Waals surface area contributed by atoms with Crippen LogP contribution in [0.4, 0.5) is 0 Å². The summed E-state index contributed by atoms with van der Waals surface area (Å²) in [5.74, 6) is -4.64. The molecule has 39 heavy (non-hydrogen) atoms. The van der Waals surface area contributed by atoms with E-state index < -0.39 is 60.8 Å². The van der Waals surface area contributed by atoms with Gasteiger partial charge in [0, 0.05) is 29.9 Å². The van der Waals surface area contributed by atoms with Crippen LogP contribution in [0.5, 0.6) is 0 Å². The Bertz CT molecular complexity index is 1320. The van der Waals surface area contributed by atoms with Crippen LogP contribution in [0.15, 0.2) is 60.8 Å². The molecule has 0 aliphatic rings. The Hall–Kier alpha value is -4.71.